The van der Waals surface area contributed by atoms with Crippen LogP contribution in [0.2, 0.25) is 0 Å². The standard InChI is InChI=1S/C14H26N2O2/c1-5-15-10-13-9-14(18-12(13)2)11-16(3)7-6-8-17-4/h9,15H,5-8,10-11H2,1-4H3. The van der Waals surface area contributed by atoms with E-state index in [4.69, 9.17) is 9.15 Å². The Kier molecular flexibility index (Phi) is 7.01. The molecule has 4 nitrogen and oxygen atoms in total. The third kappa shape index (κ3) is 5.21. The molecule has 0 radical (unpaired) electrons. The highest BCUT2D eigenvalue weighted by atomic mass is 16.5. The molecule has 0 bridgehead atoms. The molecular weight excluding hydrogens is 228 g/mol. The van der Waals surface area contributed by atoms with E-state index in [-0.39, 0.29) is 0 Å². The summed E-state index contributed by atoms with van der Waals surface area (Å²) in [5, 5.41) is 3.32. The Morgan fingerprint density at radius 3 is 2.89 bits per heavy atom. The van der Waals surface area contributed by atoms with E-state index < -0.39 is 0 Å². The normalized spacial score (nSPS) is 11.4. The number of methoxy groups -OCH3 is 1. The molecule has 0 aliphatic rings. The van der Waals surface area contributed by atoms with Crippen molar-refractivity contribution in [2.24, 2.45) is 0 Å². The molecule has 18 heavy (non-hydrogen) atoms. The molecule has 0 aromatic carbocycles. The summed E-state index contributed by atoms with van der Waals surface area (Å²) in [6, 6.07) is 2.16. The van der Waals surface area contributed by atoms with Crippen molar-refractivity contribution in [3.8, 4) is 0 Å². The summed E-state index contributed by atoms with van der Waals surface area (Å²) in [6.07, 6.45) is 1.05. The summed E-state index contributed by atoms with van der Waals surface area (Å²) in [5.41, 5.74) is 1.26. The lowest BCUT2D eigenvalue weighted by atomic mass is 10.2. The van der Waals surface area contributed by atoms with Gasteiger partial charge in [0.25, 0.3) is 0 Å². The molecule has 0 aliphatic heterocycles. The van der Waals surface area contributed by atoms with E-state index >= 15 is 0 Å². The summed E-state index contributed by atoms with van der Waals surface area (Å²) < 4.78 is 10.8. The SMILES string of the molecule is CCNCc1cc(CN(C)CCCOC)oc1C. The van der Waals surface area contributed by atoms with E-state index in [0.29, 0.717) is 0 Å². The van der Waals surface area contributed by atoms with Crippen LogP contribution in [-0.2, 0) is 17.8 Å². The number of aryl methyl sites for hydroxylation is 1. The minimum Gasteiger partial charge on any atom is -0.465 e. The fraction of sp³-hybridized carbons (Fsp3) is 0.714. The van der Waals surface area contributed by atoms with Crippen molar-refractivity contribution in [3.05, 3.63) is 23.2 Å². The van der Waals surface area contributed by atoms with E-state index in [2.05, 4.69) is 30.3 Å². The average Bonchev–Trinajstić information content (AvgIpc) is 2.67. The van der Waals surface area contributed by atoms with E-state index in [0.717, 1.165) is 50.7 Å². The van der Waals surface area contributed by atoms with Gasteiger partial charge in [0.1, 0.15) is 11.5 Å². The summed E-state index contributed by atoms with van der Waals surface area (Å²) in [4.78, 5) is 2.26. The van der Waals surface area contributed by atoms with Crippen molar-refractivity contribution < 1.29 is 9.15 Å². The van der Waals surface area contributed by atoms with Gasteiger partial charge in [-0.1, -0.05) is 6.92 Å². The van der Waals surface area contributed by atoms with Crippen LogP contribution in [0, 0.1) is 6.92 Å². The smallest absolute Gasteiger partial charge is 0.118 e. The van der Waals surface area contributed by atoms with Crippen LogP contribution in [0.5, 0.6) is 0 Å². The second-order valence-corrected chi connectivity index (χ2v) is 4.66. The van der Waals surface area contributed by atoms with Gasteiger partial charge >= 0.3 is 0 Å². The molecule has 0 amide bonds. The van der Waals surface area contributed by atoms with Crippen molar-refractivity contribution in [3.63, 3.8) is 0 Å². The Labute approximate surface area is 110 Å². The van der Waals surface area contributed by atoms with Crippen molar-refractivity contribution in [2.45, 2.75) is 33.4 Å². The molecule has 1 rings (SSSR count). The first-order valence-corrected chi connectivity index (χ1v) is 6.63. The zero-order valence-corrected chi connectivity index (χ0v) is 12.1. The van der Waals surface area contributed by atoms with E-state index in [9.17, 15) is 0 Å². The molecule has 4 heteroatoms. The lowest BCUT2D eigenvalue weighted by Gasteiger charge is -2.14. The van der Waals surface area contributed by atoms with Gasteiger partial charge in [-0.25, -0.2) is 0 Å². The van der Waals surface area contributed by atoms with Gasteiger partial charge in [0, 0.05) is 32.4 Å². The van der Waals surface area contributed by atoms with Gasteiger partial charge in [0.2, 0.25) is 0 Å². The third-order valence-corrected chi connectivity index (χ3v) is 2.95. The maximum absolute atomic E-state index is 5.78. The van der Waals surface area contributed by atoms with Crippen LogP contribution in [0.3, 0.4) is 0 Å². The number of hydrogen-bond acceptors (Lipinski definition) is 4. The number of ether oxygens (including phenoxy) is 1. The molecule has 0 atom stereocenters. The number of nitrogens with one attached hydrogen (secondary N) is 1. The lowest BCUT2D eigenvalue weighted by molar-refractivity contribution is 0.175. The first kappa shape index (κ1) is 15.2. The minimum absolute atomic E-state index is 0.813. The Morgan fingerprint density at radius 1 is 1.44 bits per heavy atom. The fourth-order valence-corrected chi connectivity index (χ4v) is 1.92. The van der Waals surface area contributed by atoms with Gasteiger partial charge in [-0.05, 0) is 33.0 Å². The zero-order valence-electron chi connectivity index (χ0n) is 12.1. The maximum atomic E-state index is 5.78. The molecule has 1 heterocycles. The van der Waals surface area contributed by atoms with E-state index in [1.165, 1.54) is 5.56 Å². The molecule has 0 saturated heterocycles. The van der Waals surface area contributed by atoms with Crippen molar-refractivity contribution in [1.82, 2.24) is 10.2 Å². The Morgan fingerprint density at radius 2 is 2.22 bits per heavy atom. The lowest BCUT2D eigenvalue weighted by Crippen LogP contribution is -2.19. The number of nitrogens with zero attached hydrogens (tertiary/aromatic N) is 1. The van der Waals surface area contributed by atoms with Crippen molar-refractivity contribution in [1.29, 1.82) is 0 Å². The van der Waals surface area contributed by atoms with Crippen LogP contribution >= 0.6 is 0 Å². The second kappa shape index (κ2) is 8.29. The Hall–Kier alpha value is -0.840. The van der Waals surface area contributed by atoms with E-state index in [1.807, 2.05) is 6.92 Å². The first-order chi connectivity index (χ1) is 8.67. The van der Waals surface area contributed by atoms with Gasteiger partial charge in [-0.2, -0.15) is 0 Å². The monoisotopic (exact) mass is 254 g/mol. The number of furan rings is 1. The van der Waals surface area contributed by atoms with Gasteiger partial charge in [-0.3, -0.25) is 4.90 Å². The predicted octanol–water partition coefficient (Wildman–Crippen LogP) is 2.17. The van der Waals surface area contributed by atoms with Gasteiger partial charge in [0.05, 0.1) is 6.54 Å². The average molecular weight is 254 g/mol. The predicted molar refractivity (Wildman–Crippen MR) is 73.7 cm³/mol. The van der Waals surface area contributed by atoms with Gasteiger partial charge in [-0.15, -0.1) is 0 Å². The van der Waals surface area contributed by atoms with Crippen molar-refractivity contribution in [2.75, 3.05) is 33.9 Å². The van der Waals surface area contributed by atoms with Gasteiger partial charge in [0.15, 0.2) is 0 Å². The second-order valence-electron chi connectivity index (χ2n) is 4.66. The molecule has 1 aromatic rings. The Balaban J connectivity index is 2.41. The first-order valence-electron chi connectivity index (χ1n) is 6.63. The summed E-state index contributed by atoms with van der Waals surface area (Å²) in [6.45, 7) is 8.71. The molecule has 0 unspecified atom stereocenters. The molecule has 0 spiro atoms. The molecule has 0 saturated carbocycles. The highest BCUT2D eigenvalue weighted by molar-refractivity contribution is 5.20. The van der Waals surface area contributed by atoms with Crippen LogP contribution in [0.4, 0.5) is 0 Å². The Bertz CT molecular complexity index is 337. The number of hydrogen-bond donors (Lipinski definition) is 1. The van der Waals surface area contributed by atoms with Crippen LogP contribution in [0.25, 0.3) is 0 Å². The summed E-state index contributed by atoms with van der Waals surface area (Å²) >= 11 is 0. The van der Waals surface area contributed by atoms with Gasteiger partial charge < -0.3 is 14.5 Å². The summed E-state index contributed by atoms with van der Waals surface area (Å²) in [5.74, 6) is 2.07. The maximum Gasteiger partial charge on any atom is 0.118 e. The summed E-state index contributed by atoms with van der Waals surface area (Å²) in [7, 11) is 3.85. The largest absolute Gasteiger partial charge is 0.465 e. The quantitative estimate of drug-likeness (QED) is 0.685. The highest BCUT2D eigenvalue weighted by Gasteiger charge is 2.09. The molecular formula is C14H26N2O2. The zero-order chi connectivity index (χ0) is 13.4. The third-order valence-electron chi connectivity index (χ3n) is 2.95. The van der Waals surface area contributed by atoms with Crippen LogP contribution in [-0.4, -0.2) is 38.8 Å². The fourth-order valence-electron chi connectivity index (χ4n) is 1.92. The topological polar surface area (TPSA) is 37.6 Å². The molecule has 1 aromatic heterocycles. The molecule has 0 aliphatic carbocycles. The highest BCUT2D eigenvalue weighted by Crippen LogP contribution is 2.15. The number of rotatable bonds is 9. The minimum atomic E-state index is 0.813. The molecule has 0 fully saturated rings. The van der Waals surface area contributed by atoms with Crippen LogP contribution in [0.15, 0.2) is 10.5 Å². The molecule has 1 N–H and O–H groups in total. The van der Waals surface area contributed by atoms with E-state index in [1.54, 1.807) is 7.11 Å². The van der Waals surface area contributed by atoms with Crippen LogP contribution in [0.1, 0.15) is 30.4 Å². The molecule has 104 valence electrons. The van der Waals surface area contributed by atoms with Crippen LogP contribution < -0.4 is 5.32 Å². The van der Waals surface area contributed by atoms with Crippen molar-refractivity contribution >= 4 is 0 Å².